The zero-order valence-corrected chi connectivity index (χ0v) is 11.9. The molecule has 1 aliphatic carbocycles. The van der Waals surface area contributed by atoms with E-state index in [9.17, 15) is 5.11 Å². The largest absolute Gasteiger partial charge is 0.391 e. The first-order valence-electron chi connectivity index (χ1n) is 7.31. The molecule has 1 heterocycles. The molecule has 2 fully saturated rings. The molecule has 100 valence electrons. The molecule has 2 nitrogen and oxygen atoms in total. The Balaban J connectivity index is 1.97. The molecule has 1 aliphatic heterocycles. The minimum atomic E-state index is -0.0889. The normalized spacial score (nSPS) is 38.8. The fraction of sp³-hybridized carbons (Fsp3) is 1.00. The molecule has 2 heteroatoms. The first kappa shape index (κ1) is 13.4. The Labute approximate surface area is 106 Å². The average molecular weight is 239 g/mol. The van der Waals surface area contributed by atoms with Crippen LogP contribution in [0.15, 0.2) is 0 Å². The van der Waals surface area contributed by atoms with E-state index >= 15 is 0 Å². The minimum Gasteiger partial charge on any atom is -0.391 e. The summed E-state index contributed by atoms with van der Waals surface area (Å²) in [5.74, 6) is 1.63. The number of likely N-dealkylation sites (tertiary alicyclic amines) is 1. The van der Waals surface area contributed by atoms with E-state index in [1.165, 1.54) is 32.4 Å². The lowest BCUT2D eigenvalue weighted by molar-refractivity contribution is -0.0102. The van der Waals surface area contributed by atoms with Crippen LogP contribution in [0.5, 0.6) is 0 Å². The van der Waals surface area contributed by atoms with Gasteiger partial charge in [-0.1, -0.05) is 27.7 Å². The molecule has 3 unspecified atom stereocenters. The van der Waals surface area contributed by atoms with Crippen LogP contribution in [0, 0.1) is 17.3 Å². The van der Waals surface area contributed by atoms with Gasteiger partial charge in [0.2, 0.25) is 0 Å². The van der Waals surface area contributed by atoms with Crippen molar-refractivity contribution < 1.29 is 5.11 Å². The summed E-state index contributed by atoms with van der Waals surface area (Å²) >= 11 is 0. The van der Waals surface area contributed by atoms with E-state index in [2.05, 4.69) is 32.6 Å². The Hall–Kier alpha value is -0.0800. The lowest BCUT2D eigenvalue weighted by atomic mass is 9.73. The second-order valence-electron chi connectivity index (χ2n) is 7.33. The molecule has 0 spiro atoms. The van der Waals surface area contributed by atoms with Crippen LogP contribution in [-0.2, 0) is 0 Å². The van der Waals surface area contributed by atoms with Crippen LogP contribution in [0.3, 0.4) is 0 Å². The standard InChI is InChI=1S/C15H29NO/c1-11(2)12-6-8-16(10-12)13-9-15(3,4)7-5-14(13)17/h11-14,17H,5-10H2,1-4H3. The molecule has 0 aromatic carbocycles. The van der Waals surface area contributed by atoms with Crippen LogP contribution in [0.4, 0.5) is 0 Å². The van der Waals surface area contributed by atoms with Crippen molar-refractivity contribution in [1.29, 1.82) is 0 Å². The topological polar surface area (TPSA) is 23.5 Å². The Bertz CT molecular complexity index is 262. The van der Waals surface area contributed by atoms with Gasteiger partial charge in [0.15, 0.2) is 0 Å². The summed E-state index contributed by atoms with van der Waals surface area (Å²) in [6, 6.07) is 0.419. The van der Waals surface area contributed by atoms with Gasteiger partial charge in [-0.3, -0.25) is 4.90 Å². The summed E-state index contributed by atoms with van der Waals surface area (Å²) in [7, 11) is 0. The first-order chi connectivity index (χ1) is 7.89. The molecular weight excluding hydrogens is 210 g/mol. The quantitative estimate of drug-likeness (QED) is 0.801. The number of hydrogen-bond acceptors (Lipinski definition) is 2. The van der Waals surface area contributed by atoms with E-state index in [4.69, 9.17) is 0 Å². The van der Waals surface area contributed by atoms with Crippen LogP contribution in [0.2, 0.25) is 0 Å². The van der Waals surface area contributed by atoms with Gasteiger partial charge in [-0.2, -0.15) is 0 Å². The van der Waals surface area contributed by atoms with Gasteiger partial charge in [0.1, 0.15) is 0 Å². The number of aliphatic hydroxyl groups is 1. The van der Waals surface area contributed by atoms with Crippen LogP contribution in [-0.4, -0.2) is 35.2 Å². The Morgan fingerprint density at radius 1 is 1.24 bits per heavy atom. The Kier molecular flexibility index (Phi) is 3.84. The Morgan fingerprint density at radius 3 is 2.53 bits per heavy atom. The number of rotatable bonds is 2. The first-order valence-corrected chi connectivity index (χ1v) is 7.31. The van der Waals surface area contributed by atoms with E-state index in [0.29, 0.717) is 11.5 Å². The van der Waals surface area contributed by atoms with Crippen molar-refractivity contribution in [2.24, 2.45) is 17.3 Å². The van der Waals surface area contributed by atoms with Crippen molar-refractivity contribution in [2.45, 2.75) is 65.5 Å². The summed E-state index contributed by atoms with van der Waals surface area (Å²) in [5.41, 5.74) is 0.416. The van der Waals surface area contributed by atoms with E-state index in [1.54, 1.807) is 0 Å². The minimum absolute atomic E-state index is 0.0889. The Morgan fingerprint density at radius 2 is 1.94 bits per heavy atom. The second-order valence-corrected chi connectivity index (χ2v) is 7.33. The third kappa shape index (κ3) is 3.03. The molecule has 1 saturated carbocycles. The SMILES string of the molecule is CC(C)C1CCN(C2CC(C)(C)CCC2O)C1. The van der Waals surface area contributed by atoms with Crippen molar-refractivity contribution in [3.63, 3.8) is 0 Å². The third-order valence-corrected chi connectivity index (χ3v) is 4.99. The van der Waals surface area contributed by atoms with E-state index in [-0.39, 0.29) is 6.10 Å². The van der Waals surface area contributed by atoms with E-state index < -0.39 is 0 Å². The molecule has 0 aromatic heterocycles. The third-order valence-electron chi connectivity index (χ3n) is 4.99. The average Bonchev–Trinajstić information content (AvgIpc) is 2.71. The van der Waals surface area contributed by atoms with Crippen LogP contribution in [0.25, 0.3) is 0 Å². The monoisotopic (exact) mass is 239 g/mol. The van der Waals surface area contributed by atoms with Gasteiger partial charge >= 0.3 is 0 Å². The van der Waals surface area contributed by atoms with Crippen molar-refractivity contribution in [3.05, 3.63) is 0 Å². The van der Waals surface area contributed by atoms with Crippen LogP contribution >= 0.6 is 0 Å². The smallest absolute Gasteiger partial charge is 0.0695 e. The second kappa shape index (κ2) is 4.89. The summed E-state index contributed by atoms with van der Waals surface area (Å²) < 4.78 is 0. The lowest BCUT2D eigenvalue weighted by Gasteiger charge is -2.43. The lowest BCUT2D eigenvalue weighted by Crippen LogP contribution is -2.48. The molecule has 2 rings (SSSR count). The highest BCUT2D eigenvalue weighted by Crippen LogP contribution is 2.39. The van der Waals surface area contributed by atoms with Gasteiger partial charge in [-0.15, -0.1) is 0 Å². The maximum absolute atomic E-state index is 10.2. The predicted molar refractivity (Wildman–Crippen MR) is 71.9 cm³/mol. The van der Waals surface area contributed by atoms with E-state index in [1.807, 2.05) is 0 Å². The number of nitrogens with zero attached hydrogens (tertiary/aromatic N) is 1. The van der Waals surface area contributed by atoms with Gasteiger partial charge in [0, 0.05) is 12.6 Å². The maximum Gasteiger partial charge on any atom is 0.0695 e. The fourth-order valence-corrected chi connectivity index (χ4v) is 3.57. The van der Waals surface area contributed by atoms with Gasteiger partial charge in [-0.05, 0) is 49.5 Å². The summed E-state index contributed by atoms with van der Waals surface area (Å²) in [5, 5.41) is 10.2. The molecule has 1 saturated heterocycles. The van der Waals surface area contributed by atoms with Crippen LogP contribution in [0.1, 0.15) is 53.4 Å². The summed E-state index contributed by atoms with van der Waals surface area (Å²) in [6.07, 6.45) is 4.56. The zero-order chi connectivity index (χ0) is 12.6. The molecule has 0 radical (unpaired) electrons. The highest BCUT2D eigenvalue weighted by atomic mass is 16.3. The van der Waals surface area contributed by atoms with Gasteiger partial charge in [0.05, 0.1) is 6.10 Å². The molecule has 2 aliphatic rings. The summed E-state index contributed by atoms with van der Waals surface area (Å²) in [6.45, 7) is 11.8. The molecule has 0 bridgehead atoms. The molecule has 1 N–H and O–H groups in total. The molecule has 3 atom stereocenters. The van der Waals surface area contributed by atoms with Crippen molar-refractivity contribution in [3.8, 4) is 0 Å². The molecule has 0 aromatic rings. The maximum atomic E-state index is 10.2. The molecule has 0 amide bonds. The van der Waals surface area contributed by atoms with Crippen molar-refractivity contribution in [2.75, 3.05) is 13.1 Å². The molecule has 17 heavy (non-hydrogen) atoms. The zero-order valence-electron chi connectivity index (χ0n) is 11.9. The number of aliphatic hydroxyl groups excluding tert-OH is 1. The molecular formula is C15H29NO. The van der Waals surface area contributed by atoms with Crippen LogP contribution < -0.4 is 0 Å². The van der Waals surface area contributed by atoms with Gasteiger partial charge < -0.3 is 5.11 Å². The summed E-state index contributed by atoms with van der Waals surface area (Å²) in [4.78, 5) is 2.57. The highest BCUT2D eigenvalue weighted by molar-refractivity contribution is 4.93. The van der Waals surface area contributed by atoms with Crippen molar-refractivity contribution in [1.82, 2.24) is 4.90 Å². The number of hydrogen-bond donors (Lipinski definition) is 1. The van der Waals surface area contributed by atoms with Gasteiger partial charge in [0.25, 0.3) is 0 Å². The fourth-order valence-electron chi connectivity index (χ4n) is 3.57. The van der Waals surface area contributed by atoms with Gasteiger partial charge in [-0.25, -0.2) is 0 Å². The predicted octanol–water partition coefficient (Wildman–Crippen LogP) is 2.90. The van der Waals surface area contributed by atoms with Crippen molar-refractivity contribution >= 4 is 0 Å². The highest BCUT2D eigenvalue weighted by Gasteiger charge is 2.39. The van der Waals surface area contributed by atoms with E-state index in [0.717, 1.165) is 18.3 Å².